The van der Waals surface area contributed by atoms with Gasteiger partial charge in [-0.05, 0) is 12.8 Å². The molecule has 9 nitrogen and oxygen atoms in total. The molecule has 0 atom stereocenters. The van der Waals surface area contributed by atoms with Gasteiger partial charge in [0.1, 0.15) is 13.2 Å². The maximum atomic E-state index is 10.2. The molecule has 0 aromatic rings. The van der Waals surface area contributed by atoms with Crippen LogP contribution < -0.4 is 0 Å². The average Bonchev–Trinajstić information content (AvgIpc) is 2.37. The summed E-state index contributed by atoms with van der Waals surface area (Å²) in [5.74, 6) is -1.74. The van der Waals surface area contributed by atoms with Gasteiger partial charge < -0.3 is 20.4 Å². The van der Waals surface area contributed by atoms with E-state index in [0.717, 1.165) is 0 Å². The first-order chi connectivity index (χ1) is 9.25. The Morgan fingerprint density at radius 2 is 1.40 bits per heavy atom. The highest BCUT2D eigenvalue weighted by Crippen LogP contribution is 2.12. The predicted molar refractivity (Wildman–Crippen MR) is 67.9 cm³/mol. The fourth-order valence-electron chi connectivity index (χ4n) is 1.07. The minimum atomic E-state index is -1.54. The fourth-order valence-corrected chi connectivity index (χ4v) is 1.07. The maximum Gasteiger partial charge on any atom is 0.303 e. The van der Waals surface area contributed by atoms with E-state index in [4.69, 9.17) is 20.4 Å². The van der Waals surface area contributed by atoms with Gasteiger partial charge in [0.05, 0.1) is 0 Å². The van der Waals surface area contributed by atoms with Gasteiger partial charge >= 0.3 is 11.9 Å². The molecule has 0 heterocycles. The van der Waals surface area contributed by atoms with E-state index in [1.54, 1.807) is 6.92 Å². The minimum absolute atomic E-state index is 0.0628. The number of aliphatic hydroxyl groups excluding tert-OH is 2. The van der Waals surface area contributed by atoms with Gasteiger partial charge in [-0.1, -0.05) is 6.92 Å². The van der Waals surface area contributed by atoms with Crippen molar-refractivity contribution in [3.8, 4) is 0 Å². The molecule has 9 heteroatoms. The van der Waals surface area contributed by atoms with Crippen LogP contribution in [0, 0.1) is 10.1 Å². The first-order valence-corrected chi connectivity index (χ1v) is 6.05. The lowest BCUT2D eigenvalue weighted by atomic mass is 10.0. The molecule has 0 aliphatic rings. The van der Waals surface area contributed by atoms with Gasteiger partial charge in [-0.3, -0.25) is 19.7 Å². The number of hydrogen-bond donors (Lipinski definition) is 4. The molecule has 118 valence electrons. The van der Waals surface area contributed by atoms with E-state index in [-0.39, 0.29) is 19.3 Å². The normalized spacial score (nSPS) is 10.3. The number of nitro groups is 1. The minimum Gasteiger partial charge on any atom is -0.481 e. The number of aliphatic hydroxyl groups is 2. The van der Waals surface area contributed by atoms with Crippen molar-refractivity contribution >= 4 is 11.9 Å². The number of carboxylic acids is 2. The number of rotatable bonds is 9. The second-order valence-corrected chi connectivity index (χ2v) is 4.15. The van der Waals surface area contributed by atoms with Gasteiger partial charge in [0.2, 0.25) is 0 Å². The SMILES string of the molecule is CCC(CO)(CO)[N+](=O)[O-].O=C(O)CCCCC(=O)O. The molecule has 0 bridgehead atoms. The van der Waals surface area contributed by atoms with Gasteiger partial charge in [-0.15, -0.1) is 0 Å². The van der Waals surface area contributed by atoms with Crippen molar-refractivity contribution in [2.24, 2.45) is 0 Å². The summed E-state index contributed by atoms with van der Waals surface area (Å²) in [4.78, 5) is 29.3. The van der Waals surface area contributed by atoms with Crippen LogP contribution in [-0.2, 0) is 9.59 Å². The van der Waals surface area contributed by atoms with Crippen molar-refractivity contribution < 1.29 is 34.9 Å². The third kappa shape index (κ3) is 9.22. The van der Waals surface area contributed by atoms with E-state index in [2.05, 4.69) is 0 Å². The number of carbonyl (C=O) groups is 2. The van der Waals surface area contributed by atoms with Gasteiger partial charge in [0.25, 0.3) is 5.54 Å². The summed E-state index contributed by atoms with van der Waals surface area (Å²) in [6.45, 7) is 0.315. The second kappa shape index (κ2) is 11.1. The Balaban J connectivity index is 0. The highest BCUT2D eigenvalue weighted by Gasteiger charge is 2.39. The lowest BCUT2D eigenvalue weighted by molar-refractivity contribution is -0.577. The summed E-state index contributed by atoms with van der Waals surface area (Å²) in [7, 11) is 0. The topological polar surface area (TPSA) is 158 Å². The van der Waals surface area contributed by atoms with Crippen LogP contribution in [0.1, 0.15) is 39.0 Å². The van der Waals surface area contributed by atoms with Gasteiger partial charge in [0.15, 0.2) is 0 Å². The molecule has 0 fully saturated rings. The summed E-state index contributed by atoms with van der Waals surface area (Å²) >= 11 is 0. The third-order valence-corrected chi connectivity index (χ3v) is 2.67. The first-order valence-electron chi connectivity index (χ1n) is 6.05. The second-order valence-electron chi connectivity index (χ2n) is 4.15. The van der Waals surface area contributed by atoms with Crippen LogP contribution in [0.5, 0.6) is 0 Å². The standard InChI is InChI=1S/C6H10O4.C5H11NO4/c7-5(8)3-1-2-4-6(9)10;1-2-5(3-7,4-8)6(9)10/h1-4H2,(H,7,8)(H,9,10);7-8H,2-4H2,1H3. The molecule has 0 saturated heterocycles. The van der Waals surface area contributed by atoms with Crippen molar-refractivity contribution in [3.63, 3.8) is 0 Å². The van der Waals surface area contributed by atoms with Crippen LogP contribution >= 0.6 is 0 Å². The highest BCUT2D eigenvalue weighted by molar-refractivity contribution is 5.67. The quantitative estimate of drug-likeness (QED) is 0.265. The van der Waals surface area contributed by atoms with Crippen LogP contribution in [0.2, 0.25) is 0 Å². The Kier molecular flexibility index (Phi) is 11.4. The van der Waals surface area contributed by atoms with Crippen molar-refractivity contribution in [2.45, 2.75) is 44.6 Å². The van der Waals surface area contributed by atoms with Crippen LogP contribution in [0.15, 0.2) is 0 Å². The summed E-state index contributed by atoms with van der Waals surface area (Å²) < 4.78 is 0. The van der Waals surface area contributed by atoms with E-state index in [1.165, 1.54) is 0 Å². The monoisotopic (exact) mass is 295 g/mol. The van der Waals surface area contributed by atoms with E-state index < -0.39 is 35.6 Å². The van der Waals surface area contributed by atoms with Crippen LogP contribution in [0.3, 0.4) is 0 Å². The maximum absolute atomic E-state index is 10.2. The molecule has 0 aromatic carbocycles. The zero-order valence-corrected chi connectivity index (χ0v) is 11.3. The number of carboxylic acid groups (broad SMARTS) is 2. The van der Waals surface area contributed by atoms with Crippen molar-refractivity contribution in [2.75, 3.05) is 13.2 Å². The van der Waals surface area contributed by atoms with Crippen molar-refractivity contribution in [1.29, 1.82) is 0 Å². The molecular weight excluding hydrogens is 274 g/mol. The average molecular weight is 295 g/mol. The largest absolute Gasteiger partial charge is 0.481 e. The number of hydrogen-bond acceptors (Lipinski definition) is 6. The van der Waals surface area contributed by atoms with Crippen molar-refractivity contribution in [3.05, 3.63) is 10.1 Å². The smallest absolute Gasteiger partial charge is 0.303 e. The van der Waals surface area contributed by atoms with Gasteiger partial charge in [-0.2, -0.15) is 0 Å². The van der Waals surface area contributed by atoms with Gasteiger partial charge in [-0.25, -0.2) is 0 Å². The Morgan fingerprint density at radius 3 is 1.50 bits per heavy atom. The lowest BCUT2D eigenvalue weighted by Gasteiger charge is -2.17. The Labute approximate surface area is 116 Å². The molecule has 0 unspecified atom stereocenters. The Hall–Kier alpha value is -1.74. The summed E-state index contributed by atoms with van der Waals surface area (Å²) in [6, 6.07) is 0. The molecule has 20 heavy (non-hydrogen) atoms. The van der Waals surface area contributed by atoms with Crippen LogP contribution in [0.4, 0.5) is 0 Å². The highest BCUT2D eigenvalue weighted by atomic mass is 16.6. The molecule has 0 aromatic heterocycles. The molecule has 0 saturated carbocycles. The van der Waals surface area contributed by atoms with E-state index in [0.29, 0.717) is 12.8 Å². The lowest BCUT2D eigenvalue weighted by Crippen LogP contribution is -2.45. The van der Waals surface area contributed by atoms with Crippen LogP contribution in [0.25, 0.3) is 0 Å². The van der Waals surface area contributed by atoms with E-state index >= 15 is 0 Å². The third-order valence-electron chi connectivity index (χ3n) is 2.67. The Morgan fingerprint density at radius 1 is 1.05 bits per heavy atom. The molecule has 4 N–H and O–H groups in total. The molecule has 0 amide bonds. The molecule has 0 rings (SSSR count). The molecular formula is C11H21NO8. The number of unbranched alkanes of at least 4 members (excludes halogenated alkanes) is 1. The fraction of sp³-hybridized carbons (Fsp3) is 0.818. The number of nitrogens with zero attached hydrogens (tertiary/aromatic N) is 1. The Bertz CT molecular complexity index is 289. The zero-order valence-electron chi connectivity index (χ0n) is 11.3. The van der Waals surface area contributed by atoms with E-state index in [9.17, 15) is 19.7 Å². The summed E-state index contributed by atoms with van der Waals surface area (Å²) in [5, 5.41) is 43.6. The number of aliphatic carboxylic acids is 2. The summed E-state index contributed by atoms with van der Waals surface area (Å²) in [5.41, 5.74) is -1.54. The van der Waals surface area contributed by atoms with Gasteiger partial charge in [0, 0.05) is 24.2 Å². The molecule has 0 aliphatic heterocycles. The first kappa shape index (κ1) is 20.6. The predicted octanol–water partition coefficient (Wildman–Crippen LogP) is 0.112. The van der Waals surface area contributed by atoms with Crippen LogP contribution in [-0.4, -0.2) is 56.0 Å². The molecule has 0 radical (unpaired) electrons. The molecule has 0 aliphatic carbocycles. The van der Waals surface area contributed by atoms with Crippen molar-refractivity contribution in [1.82, 2.24) is 0 Å². The zero-order chi connectivity index (χ0) is 16.2. The van der Waals surface area contributed by atoms with E-state index in [1.807, 2.05) is 0 Å². The summed E-state index contributed by atoms with van der Waals surface area (Å²) in [6.07, 6.45) is 1.15. The molecule has 0 spiro atoms.